The summed E-state index contributed by atoms with van der Waals surface area (Å²) in [6, 6.07) is 16.1. The van der Waals surface area contributed by atoms with E-state index >= 15 is 0 Å². The second-order valence-electron chi connectivity index (χ2n) is 7.99. The normalized spacial score (nSPS) is 16.8. The van der Waals surface area contributed by atoms with Gasteiger partial charge in [-0.05, 0) is 36.8 Å². The maximum Gasteiger partial charge on any atom is 0.255 e. The van der Waals surface area contributed by atoms with E-state index in [0.29, 0.717) is 5.56 Å². The van der Waals surface area contributed by atoms with Gasteiger partial charge in [0.15, 0.2) is 0 Å². The summed E-state index contributed by atoms with van der Waals surface area (Å²) in [5, 5.41) is 5.95. The van der Waals surface area contributed by atoms with Crippen LogP contribution in [0, 0.1) is 0 Å². The third-order valence-corrected chi connectivity index (χ3v) is 6.19. The Hall–Kier alpha value is -3.54. The lowest BCUT2D eigenvalue weighted by atomic mass is 9.75. The van der Waals surface area contributed by atoms with E-state index in [2.05, 4.69) is 32.8 Å². The van der Waals surface area contributed by atoms with Crippen LogP contribution in [0.25, 0.3) is 22.2 Å². The van der Waals surface area contributed by atoms with Gasteiger partial charge in [0.25, 0.3) is 5.91 Å². The molecule has 4 aromatic rings. The molecule has 142 valence electrons. The summed E-state index contributed by atoms with van der Waals surface area (Å²) in [4.78, 5) is 23.2. The number of aromatic nitrogens is 4. The molecule has 1 saturated heterocycles. The van der Waals surface area contributed by atoms with Gasteiger partial charge in [0, 0.05) is 60.3 Å². The molecular weight excluding hydrogens is 362 g/mol. The zero-order chi connectivity index (χ0) is 19.4. The number of aryl methyl sites for hydroxylation is 1. The number of hydrogen-bond donors (Lipinski definition) is 0. The van der Waals surface area contributed by atoms with Crippen LogP contribution >= 0.6 is 0 Å². The first-order valence-corrected chi connectivity index (χ1v) is 9.85. The van der Waals surface area contributed by atoms with Gasteiger partial charge in [-0.15, -0.1) is 0 Å². The van der Waals surface area contributed by atoms with Crippen molar-refractivity contribution in [3.8, 4) is 11.3 Å². The maximum atomic E-state index is 12.7. The molecule has 0 bridgehead atoms. The number of fused-ring (bicyclic) bond motifs is 3. The summed E-state index contributed by atoms with van der Waals surface area (Å²) in [6.45, 7) is 2.37. The van der Waals surface area contributed by atoms with Crippen molar-refractivity contribution in [1.29, 1.82) is 0 Å². The van der Waals surface area contributed by atoms with Crippen LogP contribution in [0.4, 0.5) is 0 Å². The number of amides is 1. The topological polar surface area (TPSA) is 63.9 Å². The molecule has 2 aliphatic rings. The van der Waals surface area contributed by atoms with Gasteiger partial charge in [0.05, 0.1) is 16.8 Å². The third kappa shape index (κ3) is 2.49. The molecule has 0 saturated carbocycles. The van der Waals surface area contributed by atoms with Crippen LogP contribution in [0.2, 0.25) is 0 Å². The van der Waals surface area contributed by atoms with E-state index in [1.165, 1.54) is 5.69 Å². The summed E-state index contributed by atoms with van der Waals surface area (Å²) < 4.78 is 2.11. The molecule has 0 radical (unpaired) electrons. The van der Waals surface area contributed by atoms with Gasteiger partial charge in [-0.1, -0.05) is 18.2 Å². The van der Waals surface area contributed by atoms with E-state index in [9.17, 15) is 4.79 Å². The Kier molecular flexibility index (Phi) is 3.38. The molecule has 29 heavy (non-hydrogen) atoms. The molecule has 3 aromatic heterocycles. The molecule has 1 spiro atoms. The van der Waals surface area contributed by atoms with E-state index < -0.39 is 0 Å². The Morgan fingerprint density at radius 1 is 1.03 bits per heavy atom. The summed E-state index contributed by atoms with van der Waals surface area (Å²) in [7, 11) is 0. The third-order valence-electron chi connectivity index (χ3n) is 6.19. The van der Waals surface area contributed by atoms with Crippen LogP contribution in [0.1, 0.15) is 22.5 Å². The maximum absolute atomic E-state index is 12.7. The Morgan fingerprint density at radius 2 is 1.93 bits per heavy atom. The minimum absolute atomic E-state index is 0.0212. The van der Waals surface area contributed by atoms with Gasteiger partial charge >= 0.3 is 0 Å². The van der Waals surface area contributed by atoms with Gasteiger partial charge in [0.2, 0.25) is 0 Å². The fraction of sp³-hybridized carbons (Fsp3) is 0.217. The van der Waals surface area contributed by atoms with E-state index in [1.807, 2.05) is 35.4 Å². The fourth-order valence-electron chi connectivity index (χ4n) is 4.63. The number of carbonyl (C=O) groups is 1. The lowest BCUT2D eigenvalue weighted by Crippen LogP contribution is -2.60. The quantitative estimate of drug-likeness (QED) is 0.534. The molecule has 0 aliphatic carbocycles. The number of para-hydroxylation sites is 1. The van der Waals surface area contributed by atoms with Gasteiger partial charge in [-0.25, -0.2) is 0 Å². The van der Waals surface area contributed by atoms with Crippen molar-refractivity contribution >= 4 is 16.8 Å². The van der Waals surface area contributed by atoms with Gasteiger partial charge in [0.1, 0.15) is 0 Å². The predicted molar refractivity (Wildman–Crippen MR) is 109 cm³/mol. The summed E-state index contributed by atoms with van der Waals surface area (Å²) in [5.74, 6) is 0.0562. The minimum atomic E-state index is 0.0212. The van der Waals surface area contributed by atoms with E-state index in [0.717, 1.165) is 48.2 Å². The SMILES string of the molecule is O=C(c1cccnc1)N1CC2(CCn3nc(-c4cnc5ccccc5c4)cc32)C1. The van der Waals surface area contributed by atoms with Gasteiger partial charge < -0.3 is 4.90 Å². The number of rotatable bonds is 2. The number of hydrogen-bond acceptors (Lipinski definition) is 4. The Balaban J connectivity index is 1.28. The van der Waals surface area contributed by atoms with Crippen LogP contribution in [-0.4, -0.2) is 43.6 Å². The monoisotopic (exact) mass is 381 g/mol. The highest BCUT2D eigenvalue weighted by Crippen LogP contribution is 2.44. The summed E-state index contributed by atoms with van der Waals surface area (Å²) >= 11 is 0. The Morgan fingerprint density at radius 3 is 2.79 bits per heavy atom. The molecule has 2 aliphatic heterocycles. The second kappa shape index (κ2) is 5.98. The number of likely N-dealkylation sites (tertiary alicyclic amines) is 1. The van der Waals surface area contributed by atoms with Crippen molar-refractivity contribution < 1.29 is 4.79 Å². The van der Waals surface area contributed by atoms with Crippen molar-refractivity contribution in [2.75, 3.05) is 13.1 Å². The van der Waals surface area contributed by atoms with Crippen molar-refractivity contribution in [2.24, 2.45) is 0 Å². The average molecular weight is 381 g/mol. The number of benzene rings is 1. The molecule has 0 atom stereocenters. The highest BCUT2D eigenvalue weighted by atomic mass is 16.2. The number of nitrogens with zero attached hydrogens (tertiary/aromatic N) is 5. The number of carbonyl (C=O) groups excluding carboxylic acids is 1. The predicted octanol–water partition coefficient (Wildman–Crippen LogP) is 3.29. The first-order chi connectivity index (χ1) is 14.2. The lowest BCUT2D eigenvalue weighted by molar-refractivity contribution is 0.0390. The smallest absolute Gasteiger partial charge is 0.255 e. The van der Waals surface area contributed by atoms with Crippen molar-refractivity contribution in [3.05, 3.63) is 78.4 Å². The van der Waals surface area contributed by atoms with Crippen LogP contribution in [0.3, 0.4) is 0 Å². The van der Waals surface area contributed by atoms with E-state index in [1.54, 1.807) is 18.5 Å². The molecular formula is C23H19N5O. The second-order valence-corrected chi connectivity index (χ2v) is 7.99. The van der Waals surface area contributed by atoms with E-state index in [4.69, 9.17) is 5.10 Å². The first kappa shape index (κ1) is 16.4. The molecule has 0 N–H and O–H groups in total. The summed E-state index contributed by atoms with van der Waals surface area (Å²) in [6.07, 6.45) is 6.25. The highest BCUT2D eigenvalue weighted by molar-refractivity contribution is 5.94. The van der Waals surface area contributed by atoms with Crippen molar-refractivity contribution in [3.63, 3.8) is 0 Å². The molecule has 6 rings (SSSR count). The zero-order valence-corrected chi connectivity index (χ0v) is 15.8. The summed E-state index contributed by atoms with van der Waals surface area (Å²) in [5.41, 5.74) is 4.88. The fourth-order valence-corrected chi connectivity index (χ4v) is 4.63. The Labute approximate surface area is 167 Å². The van der Waals surface area contributed by atoms with E-state index in [-0.39, 0.29) is 11.3 Å². The van der Waals surface area contributed by atoms with Gasteiger partial charge in [-0.2, -0.15) is 5.10 Å². The van der Waals surface area contributed by atoms with Crippen LogP contribution < -0.4 is 0 Å². The molecule has 6 nitrogen and oxygen atoms in total. The van der Waals surface area contributed by atoms with Crippen LogP contribution in [0.15, 0.2) is 67.1 Å². The standard InChI is InChI=1S/C23H19N5O/c29-22(17-5-3-8-24-12-17)27-14-23(15-27)7-9-28-21(23)11-20(26-28)18-10-16-4-1-2-6-19(16)25-13-18/h1-6,8,10-13H,7,9,14-15H2. The molecule has 0 unspecified atom stereocenters. The highest BCUT2D eigenvalue weighted by Gasteiger charge is 2.51. The molecule has 1 fully saturated rings. The van der Waals surface area contributed by atoms with Crippen LogP contribution in [-0.2, 0) is 12.0 Å². The van der Waals surface area contributed by atoms with Gasteiger partial charge in [-0.3, -0.25) is 19.4 Å². The number of pyridine rings is 2. The lowest BCUT2D eigenvalue weighted by Gasteiger charge is -2.47. The first-order valence-electron chi connectivity index (χ1n) is 9.85. The van der Waals surface area contributed by atoms with Crippen LogP contribution in [0.5, 0.6) is 0 Å². The zero-order valence-electron chi connectivity index (χ0n) is 15.8. The molecule has 5 heterocycles. The molecule has 1 aromatic carbocycles. The minimum Gasteiger partial charge on any atom is -0.337 e. The largest absolute Gasteiger partial charge is 0.337 e. The van der Waals surface area contributed by atoms with Crippen molar-refractivity contribution in [2.45, 2.75) is 18.4 Å². The average Bonchev–Trinajstić information content (AvgIpc) is 3.32. The Bertz CT molecular complexity index is 1240. The molecule has 1 amide bonds. The molecule has 6 heteroatoms. The van der Waals surface area contributed by atoms with Crippen molar-refractivity contribution in [1.82, 2.24) is 24.6 Å².